The van der Waals surface area contributed by atoms with Gasteiger partial charge in [0.15, 0.2) is 0 Å². The van der Waals surface area contributed by atoms with E-state index in [1.54, 1.807) is 6.92 Å². The molecule has 0 bridgehead atoms. The molecule has 0 aliphatic carbocycles. The molecule has 4 nitrogen and oxygen atoms in total. The number of benzene rings is 2. The molecule has 2 aromatic carbocycles. The fourth-order valence-corrected chi connectivity index (χ4v) is 3.49. The van der Waals surface area contributed by atoms with Crippen LogP contribution in [0, 0.1) is 12.7 Å². The van der Waals surface area contributed by atoms with Gasteiger partial charge in [0.2, 0.25) is 10.0 Å². The fourth-order valence-electron chi connectivity index (χ4n) is 2.46. The van der Waals surface area contributed by atoms with Crippen molar-refractivity contribution in [3.63, 3.8) is 0 Å². The molecule has 7 heteroatoms. The highest BCUT2D eigenvalue weighted by Crippen LogP contribution is 2.18. The molecule has 0 saturated carbocycles. The lowest BCUT2D eigenvalue weighted by Gasteiger charge is -2.09. The molecular formula is C16H18ClFN2O2S. The average Bonchev–Trinajstić information content (AvgIpc) is 2.95. The molecule has 0 amide bonds. The van der Waals surface area contributed by atoms with Crippen LogP contribution in [-0.4, -0.2) is 8.42 Å². The normalized spacial score (nSPS) is 13.5. The lowest BCUT2D eigenvalue weighted by Crippen LogP contribution is -2.23. The molecule has 2 aromatic rings. The van der Waals surface area contributed by atoms with Crippen molar-refractivity contribution in [3.05, 3.63) is 64.5 Å². The molecule has 1 heterocycles. The van der Waals surface area contributed by atoms with Crippen LogP contribution in [0.4, 0.5) is 4.39 Å². The van der Waals surface area contributed by atoms with Crippen LogP contribution in [0.3, 0.4) is 0 Å². The second-order valence-electron chi connectivity index (χ2n) is 5.44. The summed E-state index contributed by atoms with van der Waals surface area (Å²) in [5, 5.41) is 3.24. The summed E-state index contributed by atoms with van der Waals surface area (Å²) >= 11 is 0. The number of aryl methyl sites for hydroxylation is 1. The van der Waals surface area contributed by atoms with E-state index in [9.17, 15) is 12.8 Å². The maximum atomic E-state index is 13.5. The second kappa shape index (κ2) is 6.97. The van der Waals surface area contributed by atoms with E-state index in [0.717, 1.165) is 24.7 Å². The van der Waals surface area contributed by atoms with Crippen LogP contribution < -0.4 is 10.0 Å². The van der Waals surface area contributed by atoms with Crippen LogP contribution in [0.15, 0.2) is 41.3 Å². The molecule has 23 heavy (non-hydrogen) atoms. The standard InChI is InChI=1S/C16H17FN2O2S.ClH/c1-11-2-5-15(7-16(11)17)22(20,21)19-8-12-3-4-13-9-18-10-14(13)6-12;/h2-7,18-19H,8-10H2,1H3;1H. The molecule has 3 rings (SSSR count). The van der Waals surface area contributed by atoms with E-state index in [2.05, 4.69) is 10.0 Å². The van der Waals surface area contributed by atoms with Gasteiger partial charge in [-0.25, -0.2) is 17.5 Å². The Kier molecular flexibility index (Phi) is 5.41. The van der Waals surface area contributed by atoms with Gasteiger partial charge in [-0.3, -0.25) is 0 Å². The van der Waals surface area contributed by atoms with Gasteiger partial charge in [0.1, 0.15) is 5.82 Å². The van der Waals surface area contributed by atoms with Crippen molar-refractivity contribution in [3.8, 4) is 0 Å². The molecule has 0 saturated heterocycles. The summed E-state index contributed by atoms with van der Waals surface area (Å²) in [6.45, 7) is 3.44. The highest BCUT2D eigenvalue weighted by molar-refractivity contribution is 7.89. The van der Waals surface area contributed by atoms with E-state index in [4.69, 9.17) is 0 Å². The number of fused-ring (bicyclic) bond motifs is 1. The summed E-state index contributed by atoms with van der Waals surface area (Å²) in [4.78, 5) is -0.0570. The number of hydrogen-bond donors (Lipinski definition) is 2. The Balaban J connectivity index is 0.00000192. The van der Waals surface area contributed by atoms with E-state index in [0.29, 0.717) is 5.56 Å². The lowest BCUT2D eigenvalue weighted by atomic mass is 10.1. The van der Waals surface area contributed by atoms with Crippen LogP contribution in [0.25, 0.3) is 0 Å². The summed E-state index contributed by atoms with van der Waals surface area (Å²) in [5.41, 5.74) is 3.74. The monoisotopic (exact) mass is 356 g/mol. The Morgan fingerprint density at radius 3 is 2.61 bits per heavy atom. The van der Waals surface area contributed by atoms with Gasteiger partial charge < -0.3 is 5.32 Å². The Labute approximate surface area is 141 Å². The second-order valence-corrected chi connectivity index (χ2v) is 7.21. The first-order valence-electron chi connectivity index (χ1n) is 7.03. The smallest absolute Gasteiger partial charge is 0.240 e. The van der Waals surface area contributed by atoms with Crippen molar-refractivity contribution in [1.29, 1.82) is 0 Å². The molecule has 0 unspecified atom stereocenters. The van der Waals surface area contributed by atoms with Crippen LogP contribution in [0.2, 0.25) is 0 Å². The first kappa shape index (κ1) is 17.9. The van der Waals surface area contributed by atoms with Crippen molar-refractivity contribution in [2.24, 2.45) is 0 Å². The molecule has 0 atom stereocenters. The zero-order chi connectivity index (χ0) is 15.7. The summed E-state index contributed by atoms with van der Waals surface area (Å²) in [7, 11) is -3.72. The van der Waals surface area contributed by atoms with E-state index in [1.807, 2.05) is 18.2 Å². The number of hydrogen-bond acceptors (Lipinski definition) is 3. The number of rotatable bonds is 4. The minimum absolute atomic E-state index is 0. The van der Waals surface area contributed by atoms with E-state index < -0.39 is 15.8 Å². The molecule has 124 valence electrons. The van der Waals surface area contributed by atoms with Crippen molar-refractivity contribution >= 4 is 22.4 Å². The molecule has 1 aliphatic rings. The predicted molar refractivity (Wildman–Crippen MR) is 89.4 cm³/mol. The van der Waals surface area contributed by atoms with Gasteiger partial charge in [-0.2, -0.15) is 0 Å². The van der Waals surface area contributed by atoms with Gasteiger partial charge in [-0.05, 0) is 41.3 Å². The van der Waals surface area contributed by atoms with Crippen molar-refractivity contribution in [1.82, 2.24) is 10.0 Å². The fraction of sp³-hybridized carbons (Fsp3) is 0.250. The third-order valence-corrected chi connectivity index (χ3v) is 5.22. The van der Waals surface area contributed by atoms with Crippen molar-refractivity contribution in [2.75, 3.05) is 0 Å². The molecule has 2 N–H and O–H groups in total. The van der Waals surface area contributed by atoms with Gasteiger partial charge in [0.05, 0.1) is 4.90 Å². The Bertz CT molecular complexity index is 825. The lowest BCUT2D eigenvalue weighted by molar-refractivity contribution is 0.576. The maximum Gasteiger partial charge on any atom is 0.240 e. The summed E-state index contributed by atoms with van der Waals surface area (Å²) in [6.07, 6.45) is 0. The largest absolute Gasteiger partial charge is 0.309 e. The van der Waals surface area contributed by atoms with Crippen molar-refractivity contribution in [2.45, 2.75) is 31.5 Å². The zero-order valence-electron chi connectivity index (χ0n) is 12.6. The van der Waals surface area contributed by atoms with Crippen molar-refractivity contribution < 1.29 is 12.8 Å². The maximum absolute atomic E-state index is 13.5. The topological polar surface area (TPSA) is 58.2 Å². The van der Waals surface area contributed by atoms with Gasteiger partial charge >= 0.3 is 0 Å². The molecule has 0 radical (unpaired) electrons. The van der Waals surface area contributed by atoms with Gasteiger partial charge in [-0.15, -0.1) is 12.4 Å². The summed E-state index contributed by atoms with van der Waals surface area (Å²) in [5.74, 6) is -0.522. The third kappa shape index (κ3) is 3.90. The van der Waals surface area contributed by atoms with Gasteiger partial charge in [0.25, 0.3) is 0 Å². The Hall–Kier alpha value is -1.47. The summed E-state index contributed by atoms with van der Waals surface area (Å²) < 4.78 is 40.5. The van der Waals surface area contributed by atoms with Gasteiger partial charge in [-0.1, -0.05) is 24.3 Å². The number of nitrogens with one attached hydrogen (secondary N) is 2. The highest BCUT2D eigenvalue weighted by Gasteiger charge is 2.16. The molecular weight excluding hydrogens is 339 g/mol. The highest BCUT2D eigenvalue weighted by atomic mass is 35.5. The van der Waals surface area contributed by atoms with E-state index in [1.165, 1.54) is 23.3 Å². The van der Waals surface area contributed by atoms with Crippen LogP contribution >= 0.6 is 12.4 Å². The van der Waals surface area contributed by atoms with Gasteiger partial charge in [0, 0.05) is 19.6 Å². The number of halogens is 2. The minimum atomic E-state index is -3.72. The van der Waals surface area contributed by atoms with Crippen LogP contribution in [-0.2, 0) is 29.7 Å². The van der Waals surface area contributed by atoms with Crippen LogP contribution in [0.5, 0.6) is 0 Å². The molecule has 0 fully saturated rings. The quantitative estimate of drug-likeness (QED) is 0.885. The molecule has 0 spiro atoms. The van der Waals surface area contributed by atoms with Crippen LogP contribution in [0.1, 0.15) is 22.3 Å². The first-order chi connectivity index (χ1) is 10.5. The number of sulfonamides is 1. The van der Waals surface area contributed by atoms with E-state index >= 15 is 0 Å². The third-order valence-electron chi connectivity index (χ3n) is 3.82. The average molecular weight is 357 g/mol. The first-order valence-corrected chi connectivity index (χ1v) is 8.51. The predicted octanol–water partition coefficient (Wildman–Crippen LogP) is 2.64. The Morgan fingerprint density at radius 2 is 1.87 bits per heavy atom. The molecule has 1 aliphatic heterocycles. The minimum Gasteiger partial charge on any atom is -0.309 e. The molecule has 0 aromatic heterocycles. The Morgan fingerprint density at radius 1 is 1.13 bits per heavy atom. The SMILES string of the molecule is Cc1ccc(S(=O)(=O)NCc2ccc3c(c2)CNC3)cc1F.Cl. The summed E-state index contributed by atoms with van der Waals surface area (Å²) in [6, 6.07) is 9.82. The van der Waals surface area contributed by atoms with E-state index in [-0.39, 0.29) is 23.8 Å². The zero-order valence-corrected chi connectivity index (χ0v) is 14.2.